The molecule has 120 valence electrons. The topological polar surface area (TPSA) is 103 Å². The molecule has 8 heteroatoms. The van der Waals surface area contributed by atoms with Gasteiger partial charge in [-0.1, -0.05) is 5.11 Å². The first-order valence-electron chi connectivity index (χ1n) is 7.05. The molecule has 0 saturated heterocycles. The van der Waals surface area contributed by atoms with Crippen LogP contribution < -0.4 is 0 Å². The number of azide groups is 1. The summed E-state index contributed by atoms with van der Waals surface area (Å²) >= 11 is 1.55. The normalized spacial score (nSPS) is 25.5. The minimum atomic E-state index is -3.43. The van der Waals surface area contributed by atoms with E-state index in [1.54, 1.807) is 36.0 Å². The standard InChI is InChI=1S/C14H19N3O3S2/c1-21-12-4-6-13(7-5-12)22(19,20)9-10-2-3-11(18)8-14(10)16-17-15/h4-7,10-11,14,18H,2-3,8-9H2,1H3. The van der Waals surface area contributed by atoms with Crippen molar-refractivity contribution in [1.82, 2.24) is 0 Å². The highest BCUT2D eigenvalue weighted by atomic mass is 32.2. The first-order valence-corrected chi connectivity index (χ1v) is 9.93. The molecule has 1 aromatic carbocycles. The lowest BCUT2D eigenvalue weighted by Crippen LogP contribution is -2.34. The van der Waals surface area contributed by atoms with Crippen molar-refractivity contribution >= 4 is 21.6 Å². The summed E-state index contributed by atoms with van der Waals surface area (Å²) in [5, 5.41) is 13.3. The van der Waals surface area contributed by atoms with E-state index in [4.69, 9.17) is 5.53 Å². The van der Waals surface area contributed by atoms with Crippen molar-refractivity contribution in [3.8, 4) is 0 Å². The van der Waals surface area contributed by atoms with Crippen LogP contribution in [-0.2, 0) is 9.84 Å². The highest BCUT2D eigenvalue weighted by Crippen LogP contribution is 2.30. The summed E-state index contributed by atoms with van der Waals surface area (Å²) in [4.78, 5) is 4.08. The van der Waals surface area contributed by atoms with E-state index in [2.05, 4.69) is 10.0 Å². The molecule has 6 nitrogen and oxygen atoms in total. The van der Waals surface area contributed by atoms with Crippen LogP contribution in [0.4, 0.5) is 0 Å². The van der Waals surface area contributed by atoms with Crippen LogP contribution in [0, 0.1) is 5.92 Å². The molecule has 2 rings (SSSR count). The summed E-state index contributed by atoms with van der Waals surface area (Å²) in [5.74, 6) is -0.299. The lowest BCUT2D eigenvalue weighted by molar-refractivity contribution is 0.100. The smallest absolute Gasteiger partial charge is 0.178 e. The zero-order valence-corrected chi connectivity index (χ0v) is 13.9. The first-order chi connectivity index (χ1) is 10.5. The van der Waals surface area contributed by atoms with Gasteiger partial charge in [-0.25, -0.2) is 8.42 Å². The second kappa shape index (κ2) is 7.37. The third-order valence-electron chi connectivity index (χ3n) is 3.98. The van der Waals surface area contributed by atoms with E-state index in [0.717, 1.165) is 4.90 Å². The third kappa shape index (κ3) is 4.16. The van der Waals surface area contributed by atoms with Gasteiger partial charge in [0.15, 0.2) is 9.84 Å². The zero-order valence-electron chi connectivity index (χ0n) is 12.3. The molecule has 0 spiro atoms. The second-order valence-corrected chi connectivity index (χ2v) is 8.37. The number of hydrogen-bond acceptors (Lipinski definition) is 5. The number of nitrogens with zero attached hydrogens (tertiary/aromatic N) is 3. The second-order valence-electron chi connectivity index (χ2n) is 5.46. The maximum atomic E-state index is 12.5. The van der Waals surface area contributed by atoms with E-state index in [1.165, 1.54) is 0 Å². The molecule has 0 aromatic heterocycles. The van der Waals surface area contributed by atoms with Gasteiger partial charge in [0.1, 0.15) is 0 Å². The van der Waals surface area contributed by atoms with Gasteiger partial charge in [0.25, 0.3) is 0 Å². The van der Waals surface area contributed by atoms with Gasteiger partial charge in [-0.05, 0) is 61.2 Å². The Morgan fingerprint density at radius 2 is 2.05 bits per heavy atom. The fourth-order valence-electron chi connectivity index (χ4n) is 2.75. The number of rotatable bonds is 5. The van der Waals surface area contributed by atoms with Crippen LogP contribution >= 0.6 is 11.8 Å². The van der Waals surface area contributed by atoms with Crippen molar-refractivity contribution < 1.29 is 13.5 Å². The van der Waals surface area contributed by atoms with Gasteiger partial charge in [-0.15, -0.1) is 11.8 Å². The van der Waals surface area contributed by atoms with E-state index in [1.807, 2.05) is 6.26 Å². The highest BCUT2D eigenvalue weighted by molar-refractivity contribution is 7.98. The summed E-state index contributed by atoms with van der Waals surface area (Å²) in [7, 11) is -3.43. The average molecular weight is 341 g/mol. The van der Waals surface area contributed by atoms with Crippen LogP contribution in [0.1, 0.15) is 19.3 Å². The van der Waals surface area contributed by atoms with Gasteiger partial charge in [0, 0.05) is 15.8 Å². The minimum Gasteiger partial charge on any atom is -0.393 e. The molecule has 1 fully saturated rings. The van der Waals surface area contributed by atoms with E-state index >= 15 is 0 Å². The number of aliphatic hydroxyl groups excluding tert-OH is 1. The Hall–Kier alpha value is -1.21. The summed E-state index contributed by atoms with van der Waals surface area (Å²) in [6.45, 7) is 0. The third-order valence-corrected chi connectivity index (χ3v) is 6.58. The van der Waals surface area contributed by atoms with Crippen LogP contribution in [0.5, 0.6) is 0 Å². The zero-order chi connectivity index (χ0) is 16.2. The first kappa shape index (κ1) is 17.1. The largest absolute Gasteiger partial charge is 0.393 e. The number of benzene rings is 1. The average Bonchev–Trinajstić information content (AvgIpc) is 2.50. The lowest BCUT2D eigenvalue weighted by atomic mass is 9.84. The molecule has 1 aliphatic carbocycles. The number of hydrogen-bond donors (Lipinski definition) is 1. The predicted octanol–water partition coefficient (Wildman–Crippen LogP) is 3.02. The van der Waals surface area contributed by atoms with Crippen molar-refractivity contribution in [1.29, 1.82) is 0 Å². The molecule has 0 heterocycles. The van der Waals surface area contributed by atoms with Crippen molar-refractivity contribution in [2.24, 2.45) is 11.0 Å². The summed E-state index contributed by atoms with van der Waals surface area (Å²) in [6, 6.07) is 6.33. The Morgan fingerprint density at radius 1 is 1.36 bits per heavy atom. The molecular weight excluding hydrogens is 322 g/mol. The van der Waals surface area contributed by atoms with Crippen LogP contribution in [0.2, 0.25) is 0 Å². The van der Waals surface area contributed by atoms with Crippen LogP contribution in [0.15, 0.2) is 39.2 Å². The SMILES string of the molecule is CSc1ccc(S(=O)(=O)CC2CCC(O)CC2N=[N+]=[N-])cc1. The lowest BCUT2D eigenvalue weighted by Gasteiger charge is -2.31. The van der Waals surface area contributed by atoms with Crippen molar-refractivity contribution in [2.45, 2.75) is 41.2 Å². The van der Waals surface area contributed by atoms with E-state index in [0.29, 0.717) is 19.3 Å². The number of sulfone groups is 1. The van der Waals surface area contributed by atoms with Gasteiger partial charge < -0.3 is 5.11 Å². The minimum absolute atomic E-state index is 0.0536. The van der Waals surface area contributed by atoms with Crippen LogP contribution in [0.3, 0.4) is 0 Å². The van der Waals surface area contributed by atoms with Gasteiger partial charge in [0.2, 0.25) is 0 Å². The van der Waals surface area contributed by atoms with Crippen molar-refractivity contribution in [3.05, 3.63) is 34.7 Å². The van der Waals surface area contributed by atoms with E-state index < -0.39 is 22.0 Å². The molecule has 1 N–H and O–H groups in total. The van der Waals surface area contributed by atoms with Gasteiger partial charge in [-0.2, -0.15) is 0 Å². The molecule has 1 aliphatic rings. The molecule has 3 atom stereocenters. The molecule has 22 heavy (non-hydrogen) atoms. The van der Waals surface area contributed by atoms with Gasteiger partial charge in [0.05, 0.1) is 16.8 Å². The fraction of sp³-hybridized carbons (Fsp3) is 0.571. The van der Waals surface area contributed by atoms with Gasteiger partial charge in [-0.3, -0.25) is 0 Å². The van der Waals surface area contributed by atoms with E-state index in [-0.39, 0.29) is 16.6 Å². The maximum absolute atomic E-state index is 12.5. The molecule has 0 bridgehead atoms. The Bertz CT molecular complexity index is 654. The summed E-state index contributed by atoms with van der Waals surface area (Å²) in [5.41, 5.74) is 8.62. The molecule has 1 aromatic rings. The Morgan fingerprint density at radius 3 is 2.64 bits per heavy atom. The summed E-state index contributed by atoms with van der Waals surface area (Å²) in [6.07, 6.45) is 2.84. The quantitative estimate of drug-likeness (QED) is 0.385. The number of thioether (sulfide) groups is 1. The molecule has 0 aliphatic heterocycles. The molecule has 1 saturated carbocycles. The predicted molar refractivity (Wildman–Crippen MR) is 86.6 cm³/mol. The van der Waals surface area contributed by atoms with E-state index in [9.17, 15) is 13.5 Å². The van der Waals surface area contributed by atoms with Crippen molar-refractivity contribution in [3.63, 3.8) is 0 Å². The monoisotopic (exact) mass is 341 g/mol. The van der Waals surface area contributed by atoms with Gasteiger partial charge >= 0.3 is 0 Å². The molecular formula is C14H19N3O3S2. The van der Waals surface area contributed by atoms with Crippen LogP contribution in [-0.4, -0.2) is 37.7 Å². The summed E-state index contributed by atoms with van der Waals surface area (Å²) < 4.78 is 25.1. The Labute approximate surface area is 134 Å². The van der Waals surface area contributed by atoms with Crippen LogP contribution in [0.25, 0.3) is 10.4 Å². The van der Waals surface area contributed by atoms with Crippen molar-refractivity contribution in [2.75, 3.05) is 12.0 Å². The Balaban J connectivity index is 2.17. The maximum Gasteiger partial charge on any atom is 0.178 e. The molecule has 0 radical (unpaired) electrons. The Kier molecular flexibility index (Phi) is 5.74. The highest BCUT2D eigenvalue weighted by Gasteiger charge is 2.32. The fourth-order valence-corrected chi connectivity index (χ4v) is 4.86. The molecule has 3 unspecified atom stereocenters. The molecule has 0 amide bonds. The number of aliphatic hydroxyl groups is 1.